The lowest BCUT2D eigenvalue weighted by Crippen LogP contribution is -2.02. The van der Waals surface area contributed by atoms with Gasteiger partial charge < -0.3 is 0 Å². The molecule has 0 bridgehead atoms. The Morgan fingerprint density at radius 1 is 1.33 bits per heavy atom. The first-order valence-corrected chi connectivity index (χ1v) is 5.78. The molecule has 0 saturated carbocycles. The molecule has 0 aliphatic rings. The Balaban J connectivity index is 2.67. The van der Waals surface area contributed by atoms with E-state index in [4.69, 9.17) is 11.6 Å². The van der Waals surface area contributed by atoms with Crippen molar-refractivity contribution in [1.82, 2.24) is 0 Å². The van der Waals surface area contributed by atoms with Gasteiger partial charge in [-0.3, -0.25) is 4.99 Å². The highest BCUT2D eigenvalue weighted by Gasteiger charge is 1.99. The normalized spacial score (nSPS) is 14.0. The quantitative estimate of drug-likeness (QED) is 0.679. The first-order chi connectivity index (χ1) is 7.13. The maximum atomic E-state index is 5.83. The summed E-state index contributed by atoms with van der Waals surface area (Å²) < 4.78 is 0. The fourth-order valence-corrected chi connectivity index (χ4v) is 1.33. The number of hydrogen-bond acceptors (Lipinski definition) is 1. The van der Waals surface area contributed by atoms with Crippen LogP contribution in [0.1, 0.15) is 32.8 Å². The van der Waals surface area contributed by atoms with E-state index in [9.17, 15) is 0 Å². The number of halogens is 1. The highest BCUT2D eigenvalue weighted by atomic mass is 35.5. The maximum absolute atomic E-state index is 5.83. The van der Waals surface area contributed by atoms with Crippen LogP contribution in [0.3, 0.4) is 0 Å². The van der Waals surface area contributed by atoms with Crippen molar-refractivity contribution in [2.24, 2.45) is 10.9 Å². The Morgan fingerprint density at radius 2 is 1.93 bits per heavy atom. The molecule has 0 spiro atoms. The lowest BCUT2D eigenvalue weighted by Gasteiger charge is -2.05. The number of aliphatic imine (C=N–C) groups is 1. The van der Waals surface area contributed by atoms with Gasteiger partial charge in [-0.1, -0.05) is 44.0 Å². The van der Waals surface area contributed by atoms with Crippen molar-refractivity contribution in [2.45, 2.75) is 27.2 Å². The zero-order chi connectivity index (χ0) is 11.3. The molecule has 1 nitrogen and oxygen atoms in total. The molecule has 1 aromatic carbocycles. The molecule has 0 radical (unpaired) electrons. The van der Waals surface area contributed by atoms with E-state index in [0.717, 1.165) is 22.8 Å². The van der Waals surface area contributed by atoms with E-state index in [1.807, 2.05) is 31.2 Å². The fourth-order valence-electron chi connectivity index (χ4n) is 1.20. The summed E-state index contributed by atoms with van der Waals surface area (Å²) in [6.45, 7) is 7.37. The van der Waals surface area contributed by atoms with E-state index < -0.39 is 0 Å². The average Bonchev–Trinajstić information content (AvgIpc) is 2.26. The second-order valence-electron chi connectivity index (χ2n) is 3.95. The zero-order valence-corrected chi connectivity index (χ0v) is 10.4. The SMILES string of the molecule is CCC(C)CN=C(C)c1ccc(Cl)cc1. The highest BCUT2D eigenvalue weighted by Crippen LogP contribution is 2.11. The summed E-state index contributed by atoms with van der Waals surface area (Å²) in [5, 5.41) is 0.772. The van der Waals surface area contributed by atoms with Crippen LogP contribution in [0.5, 0.6) is 0 Å². The molecule has 0 saturated heterocycles. The molecule has 2 heteroatoms. The molecular formula is C13H18ClN. The van der Waals surface area contributed by atoms with E-state index in [-0.39, 0.29) is 0 Å². The minimum atomic E-state index is 0.659. The largest absolute Gasteiger partial charge is 0.289 e. The Morgan fingerprint density at radius 3 is 2.47 bits per heavy atom. The number of hydrogen-bond donors (Lipinski definition) is 0. The van der Waals surface area contributed by atoms with Gasteiger partial charge in [-0.25, -0.2) is 0 Å². The van der Waals surface area contributed by atoms with Gasteiger partial charge in [-0.05, 0) is 30.5 Å². The minimum absolute atomic E-state index is 0.659. The third-order valence-corrected chi connectivity index (χ3v) is 2.85. The van der Waals surface area contributed by atoms with Gasteiger partial charge in [0.25, 0.3) is 0 Å². The average molecular weight is 224 g/mol. The molecule has 15 heavy (non-hydrogen) atoms. The van der Waals surface area contributed by atoms with Crippen LogP contribution in [-0.4, -0.2) is 12.3 Å². The summed E-state index contributed by atoms with van der Waals surface area (Å²) in [4.78, 5) is 4.57. The summed E-state index contributed by atoms with van der Waals surface area (Å²) in [6, 6.07) is 7.83. The standard InChI is InChI=1S/C13H18ClN/c1-4-10(2)9-15-11(3)12-5-7-13(14)8-6-12/h5-8,10H,4,9H2,1-3H3. The molecule has 0 aromatic heterocycles. The van der Waals surface area contributed by atoms with Gasteiger partial charge >= 0.3 is 0 Å². The molecular weight excluding hydrogens is 206 g/mol. The third kappa shape index (κ3) is 4.05. The summed E-state index contributed by atoms with van der Waals surface area (Å²) in [6.07, 6.45) is 1.18. The van der Waals surface area contributed by atoms with Crippen LogP contribution in [0.4, 0.5) is 0 Å². The van der Waals surface area contributed by atoms with Crippen molar-refractivity contribution >= 4 is 17.3 Å². The van der Waals surface area contributed by atoms with Crippen LogP contribution < -0.4 is 0 Å². The molecule has 0 N–H and O–H groups in total. The van der Waals surface area contributed by atoms with Crippen LogP contribution in [0, 0.1) is 5.92 Å². The zero-order valence-electron chi connectivity index (χ0n) is 9.63. The third-order valence-electron chi connectivity index (χ3n) is 2.60. The Kier molecular flexibility index (Phi) is 4.83. The lowest BCUT2D eigenvalue weighted by atomic mass is 10.1. The highest BCUT2D eigenvalue weighted by molar-refractivity contribution is 6.30. The monoisotopic (exact) mass is 223 g/mol. The first kappa shape index (κ1) is 12.3. The van der Waals surface area contributed by atoms with Crippen molar-refractivity contribution in [3.8, 4) is 0 Å². The van der Waals surface area contributed by atoms with Crippen LogP contribution >= 0.6 is 11.6 Å². The van der Waals surface area contributed by atoms with Crippen LogP contribution in [0.25, 0.3) is 0 Å². The van der Waals surface area contributed by atoms with E-state index >= 15 is 0 Å². The molecule has 0 aliphatic heterocycles. The molecule has 1 rings (SSSR count). The van der Waals surface area contributed by atoms with Crippen LogP contribution in [0.2, 0.25) is 5.02 Å². The van der Waals surface area contributed by atoms with Crippen LogP contribution in [-0.2, 0) is 0 Å². The Bertz CT molecular complexity index is 327. The first-order valence-electron chi connectivity index (χ1n) is 5.40. The predicted octanol–water partition coefficient (Wildman–Crippen LogP) is 4.20. The minimum Gasteiger partial charge on any atom is -0.289 e. The van der Waals surface area contributed by atoms with Crippen molar-refractivity contribution < 1.29 is 0 Å². The fraction of sp³-hybridized carbons (Fsp3) is 0.462. The van der Waals surface area contributed by atoms with Gasteiger partial charge in [-0.15, -0.1) is 0 Å². The summed E-state index contributed by atoms with van der Waals surface area (Å²) in [5.41, 5.74) is 2.25. The molecule has 82 valence electrons. The molecule has 1 atom stereocenters. The van der Waals surface area contributed by atoms with E-state index in [1.54, 1.807) is 0 Å². The molecule has 0 aliphatic carbocycles. The maximum Gasteiger partial charge on any atom is 0.0418 e. The van der Waals surface area contributed by atoms with E-state index in [2.05, 4.69) is 18.8 Å². The predicted molar refractivity (Wildman–Crippen MR) is 68.0 cm³/mol. The summed E-state index contributed by atoms with van der Waals surface area (Å²) >= 11 is 5.83. The molecule has 0 amide bonds. The molecule has 0 fully saturated rings. The second kappa shape index (κ2) is 5.92. The lowest BCUT2D eigenvalue weighted by molar-refractivity contribution is 0.577. The molecule has 1 aromatic rings. The second-order valence-corrected chi connectivity index (χ2v) is 4.38. The Labute approximate surface area is 97.2 Å². The Hall–Kier alpha value is -0.820. The molecule has 1 unspecified atom stereocenters. The number of rotatable bonds is 4. The topological polar surface area (TPSA) is 12.4 Å². The van der Waals surface area contributed by atoms with E-state index in [1.165, 1.54) is 6.42 Å². The van der Waals surface area contributed by atoms with E-state index in [0.29, 0.717) is 5.92 Å². The van der Waals surface area contributed by atoms with Gasteiger partial charge in [0.1, 0.15) is 0 Å². The van der Waals surface area contributed by atoms with Gasteiger partial charge in [0.15, 0.2) is 0 Å². The van der Waals surface area contributed by atoms with Gasteiger partial charge in [-0.2, -0.15) is 0 Å². The van der Waals surface area contributed by atoms with Crippen molar-refractivity contribution in [3.05, 3.63) is 34.9 Å². The van der Waals surface area contributed by atoms with Crippen molar-refractivity contribution in [3.63, 3.8) is 0 Å². The summed E-state index contributed by atoms with van der Waals surface area (Å²) in [7, 11) is 0. The van der Waals surface area contributed by atoms with Crippen molar-refractivity contribution in [2.75, 3.05) is 6.54 Å². The summed E-state index contributed by atoms with van der Waals surface area (Å²) in [5.74, 6) is 0.659. The number of benzene rings is 1. The van der Waals surface area contributed by atoms with Gasteiger partial charge in [0, 0.05) is 17.3 Å². The van der Waals surface area contributed by atoms with Crippen LogP contribution in [0.15, 0.2) is 29.3 Å². The number of nitrogens with zero attached hydrogens (tertiary/aromatic N) is 1. The van der Waals surface area contributed by atoms with Gasteiger partial charge in [0.2, 0.25) is 0 Å². The van der Waals surface area contributed by atoms with Crippen molar-refractivity contribution in [1.29, 1.82) is 0 Å². The van der Waals surface area contributed by atoms with Gasteiger partial charge in [0.05, 0.1) is 0 Å². The smallest absolute Gasteiger partial charge is 0.0418 e. The molecule has 0 heterocycles.